The summed E-state index contributed by atoms with van der Waals surface area (Å²) in [6.07, 6.45) is 6.23. The van der Waals surface area contributed by atoms with Crippen LogP contribution in [0.5, 0.6) is 0 Å². The van der Waals surface area contributed by atoms with Crippen LogP contribution in [-0.2, 0) is 32.3 Å². The van der Waals surface area contributed by atoms with E-state index in [9.17, 15) is 29.7 Å². The van der Waals surface area contributed by atoms with Gasteiger partial charge < -0.3 is 30.0 Å². The summed E-state index contributed by atoms with van der Waals surface area (Å²) in [6.45, 7) is 5.38. The number of aromatic nitrogens is 2. The van der Waals surface area contributed by atoms with Crippen molar-refractivity contribution >= 4 is 85.0 Å². The van der Waals surface area contributed by atoms with Gasteiger partial charge in [-0.1, -0.05) is 64.5 Å². The van der Waals surface area contributed by atoms with Gasteiger partial charge in [-0.3, -0.25) is 19.2 Å². The molecule has 4 aromatic carbocycles. The Hall–Kier alpha value is -7.22. The van der Waals surface area contributed by atoms with Crippen LogP contribution in [0.15, 0.2) is 113 Å². The fraction of sp³-hybridized carbons (Fsp3) is 0.116. The number of hydrogen-bond acceptors (Lipinski definition) is 6. The van der Waals surface area contributed by atoms with Gasteiger partial charge in [-0.2, -0.15) is 10.5 Å². The van der Waals surface area contributed by atoms with Gasteiger partial charge >= 0.3 is 11.9 Å². The fourth-order valence-electron chi connectivity index (χ4n) is 6.06. The molecular weight excluding hydrogens is 776 g/mol. The Kier molecular flexibility index (Phi) is 12.7. The van der Waals surface area contributed by atoms with E-state index in [2.05, 4.69) is 26.6 Å². The summed E-state index contributed by atoms with van der Waals surface area (Å²) in [5.74, 6) is -2.99. The van der Waals surface area contributed by atoms with Gasteiger partial charge in [-0.05, 0) is 86.0 Å². The topological polar surface area (TPSA) is 190 Å². The van der Waals surface area contributed by atoms with Gasteiger partial charge in [0, 0.05) is 61.2 Å². The van der Waals surface area contributed by atoms with Crippen LogP contribution in [0.4, 0.5) is 11.4 Å². The lowest BCUT2D eigenvalue weighted by Crippen LogP contribution is -2.13. The minimum Gasteiger partial charge on any atom is -0.480 e. The number of aliphatic carboxylic acids is 2. The van der Waals surface area contributed by atoms with E-state index < -0.39 is 23.8 Å². The summed E-state index contributed by atoms with van der Waals surface area (Å²) in [6, 6.07) is 29.4. The van der Waals surface area contributed by atoms with Crippen LogP contribution in [0.3, 0.4) is 0 Å². The third-order valence-corrected chi connectivity index (χ3v) is 9.34. The van der Waals surface area contributed by atoms with E-state index in [0.29, 0.717) is 22.5 Å². The SMILES string of the molecule is Cc1cc(C)cc(NC(=O)/C(C#N)=C/c2cn(CC(=O)O)c3ccccc23)c1.Cc1ccc(NC(=O)/C(C#N)=C/c2cn(CC(=O)O)c3ccccc23)cc1Br. The van der Waals surface area contributed by atoms with Crippen LogP contribution in [-0.4, -0.2) is 43.1 Å². The molecule has 2 aromatic heterocycles. The number of fused-ring (bicyclic) bond motifs is 2. The number of carbonyl (C=O) groups is 4. The van der Waals surface area contributed by atoms with Crippen molar-refractivity contribution in [1.29, 1.82) is 10.5 Å². The second kappa shape index (κ2) is 17.7. The molecular formula is C43H35BrN6O6. The first-order chi connectivity index (χ1) is 26.8. The summed E-state index contributed by atoms with van der Waals surface area (Å²) in [5.41, 5.74) is 6.77. The summed E-state index contributed by atoms with van der Waals surface area (Å²) < 4.78 is 4.01. The Morgan fingerprint density at radius 1 is 0.661 bits per heavy atom. The van der Waals surface area contributed by atoms with E-state index in [1.807, 2.05) is 87.5 Å². The number of carbonyl (C=O) groups excluding carboxylic acids is 2. The standard InChI is InChI=1S/C22H19N3O3.C21H16BrN3O3/c1-14-7-15(2)9-18(8-14)24-22(28)16(11-23)10-17-12-25(13-21(26)27)20-6-4-3-5-19(17)20;1-13-6-7-16(9-18(13)22)24-21(28)14(10-23)8-15-11-25(12-20(26)27)19-5-3-2-4-17(15)19/h3-10,12H,13H2,1-2H3,(H,24,28)(H,26,27);2-9,11H,12H2,1H3,(H,24,28)(H,26,27)/b16-10+;14-8+. The summed E-state index contributed by atoms with van der Waals surface area (Å²) in [4.78, 5) is 47.4. The molecule has 0 unspecified atom stereocenters. The van der Waals surface area contributed by atoms with Gasteiger partial charge in [0.25, 0.3) is 11.8 Å². The van der Waals surface area contributed by atoms with E-state index in [4.69, 9.17) is 10.2 Å². The first-order valence-corrected chi connectivity index (χ1v) is 17.9. The molecule has 2 amide bonds. The maximum absolute atomic E-state index is 12.6. The van der Waals surface area contributed by atoms with Crippen molar-refractivity contribution in [1.82, 2.24) is 9.13 Å². The predicted molar refractivity (Wildman–Crippen MR) is 218 cm³/mol. The highest BCUT2D eigenvalue weighted by molar-refractivity contribution is 9.10. The van der Waals surface area contributed by atoms with Crippen molar-refractivity contribution in [3.8, 4) is 12.1 Å². The maximum atomic E-state index is 12.6. The van der Waals surface area contributed by atoms with Crippen LogP contribution < -0.4 is 10.6 Å². The maximum Gasteiger partial charge on any atom is 0.323 e. The molecule has 4 N–H and O–H groups in total. The van der Waals surface area contributed by atoms with Crippen LogP contribution in [0, 0.1) is 43.4 Å². The van der Waals surface area contributed by atoms with E-state index in [0.717, 1.165) is 43.0 Å². The average Bonchev–Trinajstić information content (AvgIpc) is 3.66. The fourth-order valence-corrected chi connectivity index (χ4v) is 6.43. The van der Waals surface area contributed by atoms with Crippen molar-refractivity contribution in [2.75, 3.05) is 10.6 Å². The Balaban J connectivity index is 0.000000214. The number of carboxylic acids is 2. The van der Waals surface area contributed by atoms with Crippen LogP contribution in [0.2, 0.25) is 0 Å². The Bertz CT molecular complexity index is 2650. The lowest BCUT2D eigenvalue weighted by atomic mass is 10.1. The number of nitriles is 2. The molecule has 56 heavy (non-hydrogen) atoms. The first-order valence-electron chi connectivity index (χ1n) is 17.1. The molecule has 0 radical (unpaired) electrons. The highest BCUT2D eigenvalue weighted by Crippen LogP contribution is 2.26. The van der Waals surface area contributed by atoms with Gasteiger partial charge in [0.05, 0.1) is 0 Å². The summed E-state index contributed by atoms with van der Waals surface area (Å²) in [7, 11) is 0. The molecule has 0 spiro atoms. The number of rotatable bonds is 10. The highest BCUT2D eigenvalue weighted by atomic mass is 79.9. The third kappa shape index (κ3) is 9.85. The van der Waals surface area contributed by atoms with Gasteiger partial charge in [0.15, 0.2) is 0 Å². The highest BCUT2D eigenvalue weighted by Gasteiger charge is 2.16. The second-order valence-electron chi connectivity index (χ2n) is 12.8. The number of aryl methyl sites for hydroxylation is 3. The smallest absolute Gasteiger partial charge is 0.323 e. The molecule has 0 atom stereocenters. The number of para-hydroxylation sites is 2. The molecule has 0 bridgehead atoms. The quantitative estimate of drug-likeness (QED) is 0.0786. The number of anilines is 2. The molecule has 0 fully saturated rings. The van der Waals surface area contributed by atoms with Crippen molar-refractivity contribution in [3.05, 3.63) is 141 Å². The zero-order chi connectivity index (χ0) is 40.5. The van der Waals surface area contributed by atoms with Crippen LogP contribution in [0.25, 0.3) is 34.0 Å². The van der Waals surface area contributed by atoms with Crippen LogP contribution in [0.1, 0.15) is 27.8 Å². The van der Waals surface area contributed by atoms with E-state index >= 15 is 0 Å². The molecule has 12 nitrogen and oxygen atoms in total. The number of nitrogens with zero attached hydrogens (tertiary/aromatic N) is 4. The molecule has 6 rings (SSSR count). The largest absolute Gasteiger partial charge is 0.480 e. The Morgan fingerprint density at radius 2 is 1.11 bits per heavy atom. The normalized spacial score (nSPS) is 11.2. The molecule has 0 aliphatic rings. The number of halogens is 1. The first kappa shape index (κ1) is 40.0. The van der Waals surface area contributed by atoms with Gasteiger partial charge in [-0.15, -0.1) is 0 Å². The third-order valence-electron chi connectivity index (χ3n) is 8.49. The van der Waals surface area contributed by atoms with Crippen molar-refractivity contribution in [2.24, 2.45) is 0 Å². The molecule has 280 valence electrons. The molecule has 0 saturated carbocycles. The van der Waals surface area contributed by atoms with Gasteiger partial charge in [0.2, 0.25) is 0 Å². The molecule has 2 heterocycles. The number of amides is 2. The monoisotopic (exact) mass is 810 g/mol. The minimum absolute atomic E-state index is 0.0580. The predicted octanol–water partition coefficient (Wildman–Crippen LogP) is 8.23. The van der Waals surface area contributed by atoms with Crippen LogP contribution >= 0.6 is 15.9 Å². The molecule has 0 aliphatic heterocycles. The van der Waals surface area contributed by atoms with Crippen molar-refractivity contribution in [2.45, 2.75) is 33.9 Å². The number of nitrogens with one attached hydrogen (secondary N) is 2. The van der Waals surface area contributed by atoms with E-state index in [1.165, 1.54) is 12.2 Å². The van der Waals surface area contributed by atoms with E-state index in [1.54, 1.807) is 51.9 Å². The van der Waals surface area contributed by atoms with Gasteiger partial charge in [0.1, 0.15) is 36.4 Å². The zero-order valence-corrected chi connectivity index (χ0v) is 32.1. The minimum atomic E-state index is -0.973. The second-order valence-corrected chi connectivity index (χ2v) is 13.7. The molecule has 6 aromatic rings. The summed E-state index contributed by atoms with van der Waals surface area (Å²) >= 11 is 3.41. The van der Waals surface area contributed by atoms with Crippen molar-refractivity contribution in [3.63, 3.8) is 0 Å². The lowest BCUT2D eigenvalue weighted by molar-refractivity contribution is -0.138. The number of benzene rings is 4. The Morgan fingerprint density at radius 3 is 1.54 bits per heavy atom. The molecule has 0 saturated heterocycles. The average molecular weight is 812 g/mol. The molecule has 0 aliphatic carbocycles. The number of hydrogen-bond donors (Lipinski definition) is 4. The lowest BCUT2D eigenvalue weighted by Gasteiger charge is -2.07. The summed E-state index contributed by atoms with van der Waals surface area (Å²) in [5, 5.41) is 44.2. The number of carboxylic acid groups (broad SMARTS) is 2. The van der Waals surface area contributed by atoms with E-state index in [-0.39, 0.29) is 24.2 Å². The molecule has 13 heteroatoms. The zero-order valence-electron chi connectivity index (χ0n) is 30.5. The van der Waals surface area contributed by atoms with Crippen molar-refractivity contribution < 1.29 is 29.4 Å². The van der Waals surface area contributed by atoms with Gasteiger partial charge in [-0.25, -0.2) is 0 Å². The Labute approximate surface area is 330 Å².